The molecule has 1 aromatic carbocycles. The van der Waals surface area contributed by atoms with Gasteiger partial charge in [-0.05, 0) is 37.6 Å². The van der Waals surface area contributed by atoms with Gasteiger partial charge in [0.15, 0.2) is 0 Å². The van der Waals surface area contributed by atoms with Crippen LogP contribution in [0, 0.1) is 5.92 Å². The van der Waals surface area contributed by atoms with Gasteiger partial charge in [-0.25, -0.2) is 0 Å². The molecule has 2 atom stereocenters. The first-order chi connectivity index (χ1) is 8.70. The van der Waals surface area contributed by atoms with Crippen molar-refractivity contribution in [3.63, 3.8) is 0 Å². The summed E-state index contributed by atoms with van der Waals surface area (Å²) in [5.74, 6) is 1.32. The highest BCUT2D eigenvalue weighted by molar-refractivity contribution is 6.35. The van der Waals surface area contributed by atoms with Gasteiger partial charge in [-0.15, -0.1) is 0 Å². The maximum atomic E-state index is 6.16. The summed E-state index contributed by atoms with van der Waals surface area (Å²) in [4.78, 5) is 0. The molecule has 1 heterocycles. The van der Waals surface area contributed by atoms with Gasteiger partial charge in [0.25, 0.3) is 0 Å². The van der Waals surface area contributed by atoms with Crippen LogP contribution in [0.25, 0.3) is 0 Å². The highest BCUT2D eigenvalue weighted by Crippen LogP contribution is 2.31. The molecule has 0 bridgehead atoms. The monoisotopic (exact) mass is 287 g/mol. The molecular formula is C14H19Cl2NO. The van der Waals surface area contributed by atoms with Gasteiger partial charge in [0, 0.05) is 17.5 Å². The average Bonchev–Trinajstić information content (AvgIpc) is 2.85. The van der Waals surface area contributed by atoms with Crippen LogP contribution in [0.4, 0.5) is 0 Å². The number of hydrogen-bond acceptors (Lipinski definition) is 2. The third-order valence-electron chi connectivity index (χ3n) is 3.37. The van der Waals surface area contributed by atoms with Gasteiger partial charge in [0.05, 0.1) is 5.02 Å². The zero-order chi connectivity index (χ0) is 13.0. The van der Waals surface area contributed by atoms with Crippen LogP contribution in [0.1, 0.15) is 26.2 Å². The molecular weight excluding hydrogens is 269 g/mol. The molecule has 2 rings (SSSR count). The molecule has 1 aliphatic heterocycles. The van der Waals surface area contributed by atoms with Crippen molar-refractivity contribution in [3.8, 4) is 5.75 Å². The largest absolute Gasteiger partial charge is 0.489 e. The summed E-state index contributed by atoms with van der Waals surface area (Å²) in [6.45, 7) is 4.31. The summed E-state index contributed by atoms with van der Waals surface area (Å²) in [6, 6.07) is 5.41. The predicted molar refractivity (Wildman–Crippen MR) is 76.8 cm³/mol. The Morgan fingerprint density at radius 2 is 2.28 bits per heavy atom. The highest BCUT2D eigenvalue weighted by atomic mass is 35.5. The fraction of sp³-hybridized carbons (Fsp3) is 0.571. The van der Waals surface area contributed by atoms with E-state index in [1.54, 1.807) is 6.07 Å². The molecule has 1 unspecified atom stereocenters. The first kappa shape index (κ1) is 14.0. The first-order valence-electron chi connectivity index (χ1n) is 6.53. The van der Waals surface area contributed by atoms with E-state index in [2.05, 4.69) is 12.2 Å². The number of halogens is 2. The van der Waals surface area contributed by atoms with Gasteiger partial charge in [0.2, 0.25) is 0 Å². The Hall–Kier alpha value is -0.440. The lowest BCUT2D eigenvalue weighted by molar-refractivity contribution is 0.132. The minimum atomic E-state index is 0.240. The third kappa shape index (κ3) is 3.53. The van der Waals surface area contributed by atoms with E-state index in [4.69, 9.17) is 27.9 Å². The molecule has 0 aliphatic carbocycles. The number of nitrogens with one attached hydrogen (secondary N) is 1. The molecule has 0 radical (unpaired) electrons. The molecule has 2 nitrogen and oxygen atoms in total. The van der Waals surface area contributed by atoms with Crippen LogP contribution in [0.2, 0.25) is 10.0 Å². The molecule has 100 valence electrons. The lowest BCUT2D eigenvalue weighted by atomic mass is 9.97. The van der Waals surface area contributed by atoms with Gasteiger partial charge in [-0.3, -0.25) is 0 Å². The topological polar surface area (TPSA) is 21.3 Å². The smallest absolute Gasteiger partial charge is 0.138 e. The summed E-state index contributed by atoms with van der Waals surface area (Å²) in [5.41, 5.74) is 0. The minimum Gasteiger partial charge on any atom is -0.489 e. The normalized spacial score (nSPS) is 20.9. The summed E-state index contributed by atoms with van der Waals surface area (Å²) < 4.78 is 6.09. The lowest BCUT2D eigenvalue weighted by Crippen LogP contribution is -2.28. The van der Waals surface area contributed by atoms with E-state index < -0.39 is 0 Å². The third-order valence-corrected chi connectivity index (χ3v) is 3.90. The number of ether oxygens (including phenoxy) is 1. The van der Waals surface area contributed by atoms with E-state index in [0.29, 0.717) is 16.0 Å². The fourth-order valence-electron chi connectivity index (χ4n) is 2.40. The first-order valence-corrected chi connectivity index (χ1v) is 7.28. The van der Waals surface area contributed by atoms with Crippen molar-refractivity contribution in [3.05, 3.63) is 28.2 Å². The van der Waals surface area contributed by atoms with E-state index in [1.165, 1.54) is 6.42 Å². The second-order valence-electron chi connectivity index (χ2n) is 4.77. The van der Waals surface area contributed by atoms with Gasteiger partial charge >= 0.3 is 0 Å². The summed E-state index contributed by atoms with van der Waals surface area (Å²) >= 11 is 12.0. The zero-order valence-electron chi connectivity index (χ0n) is 10.6. The Balaban J connectivity index is 2.07. The highest BCUT2D eigenvalue weighted by Gasteiger charge is 2.26. The van der Waals surface area contributed by atoms with Crippen LogP contribution in [0.3, 0.4) is 0 Å². The van der Waals surface area contributed by atoms with Crippen molar-refractivity contribution >= 4 is 23.2 Å². The number of rotatable bonds is 5. The van der Waals surface area contributed by atoms with Crippen molar-refractivity contribution in [2.45, 2.75) is 32.3 Å². The minimum absolute atomic E-state index is 0.240. The Labute approximate surface area is 119 Å². The Morgan fingerprint density at radius 3 is 2.89 bits per heavy atom. The zero-order valence-corrected chi connectivity index (χ0v) is 12.1. The van der Waals surface area contributed by atoms with Crippen LogP contribution in [-0.4, -0.2) is 19.2 Å². The maximum absolute atomic E-state index is 6.16. The molecule has 1 aromatic rings. The molecule has 0 spiro atoms. The second kappa shape index (κ2) is 6.65. The van der Waals surface area contributed by atoms with E-state index >= 15 is 0 Å². The molecule has 1 aliphatic rings. The molecule has 18 heavy (non-hydrogen) atoms. The van der Waals surface area contributed by atoms with Gasteiger partial charge < -0.3 is 10.1 Å². The average molecular weight is 288 g/mol. The standard InChI is InChI=1S/C14H19Cl2NO/c1-2-3-13(10-6-7-17-9-10)18-14-5-4-11(15)8-12(14)16/h4-5,8,10,13,17H,2-3,6-7,9H2,1H3/t10?,13-/m1/s1. The van der Waals surface area contributed by atoms with Crippen LogP contribution in [-0.2, 0) is 0 Å². The summed E-state index contributed by atoms with van der Waals surface area (Å²) in [7, 11) is 0. The van der Waals surface area contributed by atoms with Crippen molar-refractivity contribution in [1.29, 1.82) is 0 Å². The Kier molecular flexibility index (Phi) is 5.16. The Bertz CT molecular complexity index is 391. The number of hydrogen-bond donors (Lipinski definition) is 1. The maximum Gasteiger partial charge on any atom is 0.138 e. The Morgan fingerprint density at radius 1 is 1.44 bits per heavy atom. The summed E-state index contributed by atoms with van der Waals surface area (Å²) in [6.07, 6.45) is 3.59. The van der Waals surface area contributed by atoms with Crippen LogP contribution in [0.5, 0.6) is 5.75 Å². The predicted octanol–water partition coefficient (Wildman–Crippen LogP) is 4.15. The molecule has 1 N–H and O–H groups in total. The van der Waals surface area contributed by atoms with Crippen LogP contribution < -0.4 is 10.1 Å². The fourth-order valence-corrected chi connectivity index (χ4v) is 2.86. The molecule has 0 aromatic heterocycles. The SMILES string of the molecule is CCC[C@@H](Oc1ccc(Cl)cc1Cl)C1CCNC1. The van der Waals surface area contributed by atoms with Gasteiger partial charge in [-0.1, -0.05) is 36.5 Å². The quantitative estimate of drug-likeness (QED) is 0.878. The van der Waals surface area contributed by atoms with E-state index in [1.807, 2.05) is 12.1 Å². The van der Waals surface area contributed by atoms with Gasteiger partial charge in [-0.2, -0.15) is 0 Å². The van der Waals surface area contributed by atoms with E-state index in [9.17, 15) is 0 Å². The summed E-state index contributed by atoms with van der Waals surface area (Å²) in [5, 5.41) is 4.62. The van der Waals surface area contributed by atoms with Crippen molar-refractivity contribution in [1.82, 2.24) is 5.32 Å². The van der Waals surface area contributed by atoms with E-state index in [-0.39, 0.29) is 6.10 Å². The lowest BCUT2D eigenvalue weighted by Gasteiger charge is -2.24. The van der Waals surface area contributed by atoms with Crippen molar-refractivity contribution < 1.29 is 4.74 Å². The van der Waals surface area contributed by atoms with Crippen LogP contribution >= 0.6 is 23.2 Å². The molecule has 1 saturated heterocycles. The van der Waals surface area contributed by atoms with E-state index in [0.717, 1.165) is 31.7 Å². The number of benzene rings is 1. The molecule has 0 amide bonds. The molecule has 4 heteroatoms. The van der Waals surface area contributed by atoms with Gasteiger partial charge in [0.1, 0.15) is 11.9 Å². The second-order valence-corrected chi connectivity index (χ2v) is 5.62. The molecule has 0 saturated carbocycles. The van der Waals surface area contributed by atoms with Crippen LogP contribution in [0.15, 0.2) is 18.2 Å². The molecule has 1 fully saturated rings. The van der Waals surface area contributed by atoms with Crippen molar-refractivity contribution in [2.24, 2.45) is 5.92 Å². The van der Waals surface area contributed by atoms with Crippen molar-refractivity contribution in [2.75, 3.05) is 13.1 Å².